The van der Waals surface area contributed by atoms with Gasteiger partial charge < -0.3 is 10.6 Å². The molecule has 1 saturated heterocycles. The lowest BCUT2D eigenvalue weighted by Gasteiger charge is -2.21. The summed E-state index contributed by atoms with van der Waals surface area (Å²) < 4.78 is -0.0743. The summed E-state index contributed by atoms with van der Waals surface area (Å²) in [5.74, 6) is -0.454. The maximum absolute atomic E-state index is 12.3. The summed E-state index contributed by atoms with van der Waals surface area (Å²) >= 11 is 1.52. The first-order chi connectivity index (χ1) is 11.4. The highest BCUT2D eigenvalue weighted by Crippen LogP contribution is 2.34. The molecule has 1 aliphatic rings. The topological polar surface area (TPSA) is 78.5 Å². The normalized spacial score (nSPS) is 18.8. The molecule has 1 heterocycles. The third-order valence-electron chi connectivity index (χ3n) is 3.59. The van der Waals surface area contributed by atoms with Crippen LogP contribution in [0.25, 0.3) is 0 Å². The molecular formula is C18H33N3O3S. The number of amides is 3. The van der Waals surface area contributed by atoms with Crippen molar-refractivity contribution in [1.29, 1.82) is 0 Å². The number of imide groups is 1. The van der Waals surface area contributed by atoms with Crippen molar-refractivity contribution in [3.8, 4) is 0 Å². The third kappa shape index (κ3) is 8.72. The zero-order valence-corrected chi connectivity index (χ0v) is 17.2. The van der Waals surface area contributed by atoms with Gasteiger partial charge in [0.25, 0.3) is 0 Å². The predicted molar refractivity (Wildman–Crippen MR) is 102 cm³/mol. The Morgan fingerprint density at radius 2 is 1.80 bits per heavy atom. The van der Waals surface area contributed by atoms with Gasteiger partial charge in [-0.15, -0.1) is 11.8 Å². The van der Waals surface area contributed by atoms with E-state index >= 15 is 0 Å². The quantitative estimate of drug-likeness (QED) is 0.503. The van der Waals surface area contributed by atoms with Crippen molar-refractivity contribution in [2.24, 2.45) is 0 Å². The predicted octanol–water partition coefficient (Wildman–Crippen LogP) is 1.93. The molecule has 0 bridgehead atoms. The fourth-order valence-electron chi connectivity index (χ4n) is 2.49. The highest BCUT2D eigenvalue weighted by molar-refractivity contribution is 8.01. The van der Waals surface area contributed by atoms with E-state index in [-0.39, 0.29) is 52.6 Å². The van der Waals surface area contributed by atoms with Crippen LogP contribution >= 0.6 is 11.8 Å². The molecule has 7 heteroatoms. The van der Waals surface area contributed by atoms with Gasteiger partial charge in [0.2, 0.25) is 17.7 Å². The molecule has 3 amide bonds. The molecule has 0 aromatic rings. The van der Waals surface area contributed by atoms with Gasteiger partial charge in [-0.1, -0.05) is 20.8 Å². The summed E-state index contributed by atoms with van der Waals surface area (Å²) in [5.41, 5.74) is 0.0715. The molecular weight excluding hydrogens is 338 g/mol. The number of hydrogen-bond donors (Lipinski definition) is 2. The first-order valence-electron chi connectivity index (χ1n) is 8.93. The number of carbonyl (C=O) groups is 3. The minimum Gasteiger partial charge on any atom is -0.356 e. The smallest absolute Gasteiger partial charge is 0.242 e. The molecule has 1 unspecified atom stereocenters. The Morgan fingerprint density at radius 3 is 2.36 bits per heavy atom. The SMILES string of the molecule is CC(C)(C)NCCCNC(=O)CCN1C(=O)CC(SC(C)(C)C)C1=O. The van der Waals surface area contributed by atoms with E-state index in [4.69, 9.17) is 0 Å². The lowest BCUT2D eigenvalue weighted by Crippen LogP contribution is -2.38. The van der Waals surface area contributed by atoms with Crippen LogP contribution in [0.2, 0.25) is 0 Å². The fraction of sp³-hybridized carbons (Fsp3) is 0.833. The second-order valence-corrected chi connectivity index (χ2v) is 10.5. The summed E-state index contributed by atoms with van der Waals surface area (Å²) in [5, 5.41) is 5.87. The van der Waals surface area contributed by atoms with Crippen molar-refractivity contribution in [3.05, 3.63) is 0 Å². The molecule has 0 aromatic carbocycles. The lowest BCUT2D eigenvalue weighted by atomic mass is 10.1. The molecule has 0 spiro atoms. The van der Waals surface area contributed by atoms with Crippen molar-refractivity contribution in [1.82, 2.24) is 15.5 Å². The summed E-state index contributed by atoms with van der Waals surface area (Å²) in [6.07, 6.45) is 1.24. The molecule has 0 aliphatic carbocycles. The van der Waals surface area contributed by atoms with Crippen LogP contribution in [0.5, 0.6) is 0 Å². The Hall–Kier alpha value is -1.08. The molecule has 25 heavy (non-hydrogen) atoms. The minimum atomic E-state index is -0.320. The number of likely N-dealkylation sites (tertiary alicyclic amines) is 1. The number of nitrogens with zero attached hydrogens (tertiary/aromatic N) is 1. The van der Waals surface area contributed by atoms with E-state index in [1.807, 2.05) is 20.8 Å². The first-order valence-corrected chi connectivity index (χ1v) is 9.81. The van der Waals surface area contributed by atoms with Crippen molar-refractivity contribution < 1.29 is 14.4 Å². The monoisotopic (exact) mass is 371 g/mol. The van der Waals surface area contributed by atoms with Gasteiger partial charge in [-0.25, -0.2) is 0 Å². The Morgan fingerprint density at radius 1 is 1.16 bits per heavy atom. The molecule has 1 fully saturated rings. The molecule has 0 radical (unpaired) electrons. The number of hydrogen-bond acceptors (Lipinski definition) is 5. The van der Waals surface area contributed by atoms with Crippen LogP contribution in [0.15, 0.2) is 0 Å². The Bertz CT molecular complexity index is 495. The summed E-state index contributed by atoms with van der Waals surface area (Å²) in [6.45, 7) is 14.0. The van der Waals surface area contributed by atoms with E-state index in [1.54, 1.807) is 0 Å². The number of rotatable bonds is 8. The summed E-state index contributed by atoms with van der Waals surface area (Å²) in [6, 6.07) is 0. The molecule has 2 N–H and O–H groups in total. The average Bonchev–Trinajstić information content (AvgIpc) is 2.67. The largest absolute Gasteiger partial charge is 0.356 e. The van der Waals surface area contributed by atoms with Crippen LogP contribution < -0.4 is 10.6 Å². The van der Waals surface area contributed by atoms with E-state index in [0.29, 0.717) is 6.54 Å². The van der Waals surface area contributed by atoms with Crippen molar-refractivity contribution in [2.45, 2.75) is 76.3 Å². The molecule has 1 rings (SSSR count). The van der Waals surface area contributed by atoms with Gasteiger partial charge in [0.15, 0.2) is 0 Å². The van der Waals surface area contributed by atoms with E-state index in [2.05, 4.69) is 31.4 Å². The van der Waals surface area contributed by atoms with Crippen molar-refractivity contribution in [2.75, 3.05) is 19.6 Å². The van der Waals surface area contributed by atoms with Gasteiger partial charge in [-0.3, -0.25) is 19.3 Å². The first kappa shape index (κ1) is 22.0. The van der Waals surface area contributed by atoms with Crippen molar-refractivity contribution in [3.63, 3.8) is 0 Å². The third-order valence-corrected chi connectivity index (χ3v) is 4.95. The molecule has 6 nitrogen and oxygen atoms in total. The van der Waals surface area contributed by atoms with Gasteiger partial charge in [0.1, 0.15) is 0 Å². The van der Waals surface area contributed by atoms with Crippen LogP contribution in [0, 0.1) is 0 Å². The summed E-state index contributed by atoms with van der Waals surface area (Å²) in [4.78, 5) is 37.5. The lowest BCUT2D eigenvalue weighted by molar-refractivity contribution is -0.138. The molecule has 1 atom stereocenters. The second-order valence-electron chi connectivity index (χ2n) is 8.44. The number of thioether (sulfide) groups is 1. The van der Waals surface area contributed by atoms with Gasteiger partial charge in [-0.05, 0) is 33.7 Å². The van der Waals surface area contributed by atoms with Gasteiger partial charge >= 0.3 is 0 Å². The van der Waals surface area contributed by atoms with E-state index in [9.17, 15) is 14.4 Å². The number of carbonyl (C=O) groups excluding carboxylic acids is 3. The molecule has 1 aliphatic heterocycles. The number of nitrogens with one attached hydrogen (secondary N) is 2. The molecule has 0 aromatic heterocycles. The zero-order valence-electron chi connectivity index (χ0n) is 16.4. The molecule has 144 valence electrons. The van der Waals surface area contributed by atoms with Crippen LogP contribution in [-0.4, -0.2) is 57.8 Å². The van der Waals surface area contributed by atoms with E-state index in [0.717, 1.165) is 13.0 Å². The maximum Gasteiger partial charge on any atom is 0.242 e. The Labute approximate surface area is 155 Å². The van der Waals surface area contributed by atoms with Crippen LogP contribution in [0.3, 0.4) is 0 Å². The van der Waals surface area contributed by atoms with Gasteiger partial charge in [-0.2, -0.15) is 0 Å². The second kappa shape index (κ2) is 9.03. The minimum absolute atomic E-state index is 0.0715. The molecule has 0 saturated carbocycles. The average molecular weight is 372 g/mol. The maximum atomic E-state index is 12.3. The standard InChI is InChI=1S/C18H33N3O3S/c1-17(2,3)20-10-7-9-19-14(22)8-11-21-15(23)12-13(16(21)24)25-18(4,5)6/h13,20H,7-12H2,1-6H3,(H,19,22). The van der Waals surface area contributed by atoms with E-state index < -0.39 is 0 Å². The van der Waals surface area contributed by atoms with Crippen LogP contribution in [-0.2, 0) is 14.4 Å². The van der Waals surface area contributed by atoms with Crippen molar-refractivity contribution >= 4 is 29.5 Å². The Kier molecular flexibility index (Phi) is 7.93. The van der Waals surface area contributed by atoms with E-state index in [1.165, 1.54) is 16.7 Å². The highest BCUT2D eigenvalue weighted by atomic mass is 32.2. The van der Waals surface area contributed by atoms with Crippen LogP contribution in [0.4, 0.5) is 0 Å². The van der Waals surface area contributed by atoms with Gasteiger partial charge in [0, 0.05) is 36.2 Å². The van der Waals surface area contributed by atoms with Gasteiger partial charge in [0.05, 0.1) is 5.25 Å². The highest BCUT2D eigenvalue weighted by Gasteiger charge is 2.40. The van der Waals surface area contributed by atoms with Crippen LogP contribution in [0.1, 0.15) is 60.8 Å². The summed E-state index contributed by atoms with van der Waals surface area (Å²) in [7, 11) is 0. The zero-order chi connectivity index (χ0) is 19.3. The fourth-order valence-corrected chi connectivity index (χ4v) is 3.80. The Balaban J connectivity index is 2.29.